The highest BCUT2D eigenvalue weighted by atomic mass is 16.6. The second-order valence-electron chi connectivity index (χ2n) is 5.85. The van der Waals surface area contributed by atoms with Crippen LogP contribution in [0.4, 0.5) is 5.82 Å². The van der Waals surface area contributed by atoms with Crippen molar-refractivity contribution in [1.82, 2.24) is 24.8 Å². The Hall–Kier alpha value is -2.49. The third-order valence-electron chi connectivity index (χ3n) is 3.95. The highest BCUT2D eigenvalue weighted by Crippen LogP contribution is 2.36. The van der Waals surface area contributed by atoms with Crippen LogP contribution in [0, 0.1) is 12.8 Å². The summed E-state index contributed by atoms with van der Waals surface area (Å²) in [5, 5.41) is 12.1. The van der Waals surface area contributed by atoms with Crippen molar-refractivity contribution in [3.63, 3.8) is 0 Å². The average molecular weight is 332 g/mol. The van der Waals surface area contributed by atoms with E-state index in [0.29, 0.717) is 11.0 Å². The molecule has 126 valence electrons. The number of hydrogen-bond acceptors (Lipinski definition) is 8. The minimum atomic E-state index is -0.710. The summed E-state index contributed by atoms with van der Waals surface area (Å²) in [5.74, 6) is -0.193. The van der Waals surface area contributed by atoms with Gasteiger partial charge in [0, 0.05) is 19.8 Å². The smallest absolute Gasteiger partial charge is 0.302 e. The van der Waals surface area contributed by atoms with E-state index in [1.165, 1.54) is 6.92 Å². The summed E-state index contributed by atoms with van der Waals surface area (Å²) in [5.41, 5.74) is 6.11. The van der Waals surface area contributed by atoms with E-state index < -0.39 is 18.3 Å². The summed E-state index contributed by atoms with van der Waals surface area (Å²) < 4.78 is 13.3. The van der Waals surface area contributed by atoms with Gasteiger partial charge in [0.25, 0.3) is 5.56 Å². The first-order chi connectivity index (χ1) is 11.5. The van der Waals surface area contributed by atoms with Crippen LogP contribution in [0.5, 0.6) is 0 Å². The topological polar surface area (TPSA) is 127 Å². The molecule has 2 fully saturated rings. The quantitative estimate of drug-likeness (QED) is 0.761. The molecule has 1 aliphatic heterocycles. The first-order valence-electron chi connectivity index (χ1n) is 7.65. The van der Waals surface area contributed by atoms with E-state index in [1.807, 2.05) is 0 Å². The molecule has 0 aromatic carbocycles. The molecule has 24 heavy (non-hydrogen) atoms. The van der Waals surface area contributed by atoms with Gasteiger partial charge in [0.15, 0.2) is 23.1 Å². The van der Waals surface area contributed by atoms with Gasteiger partial charge < -0.3 is 15.2 Å². The minimum absolute atomic E-state index is 0.0830. The third kappa shape index (κ3) is 2.52. The molecule has 2 radical (unpaired) electrons. The summed E-state index contributed by atoms with van der Waals surface area (Å²) in [6, 6.07) is 0.187. The van der Waals surface area contributed by atoms with E-state index in [4.69, 9.17) is 15.2 Å². The number of nitrogen functional groups attached to an aromatic ring is 1. The molecular formula is C14H16N6O4. The van der Waals surface area contributed by atoms with Crippen LogP contribution >= 0.6 is 0 Å². The molecule has 2 aromatic rings. The summed E-state index contributed by atoms with van der Waals surface area (Å²) >= 11 is 0. The average Bonchev–Trinajstić information content (AvgIpc) is 3.19. The summed E-state index contributed by atoms with van der Waals surface area (Å²) in [4.78, 5) is 23.7. The van der Waals surface area contributed by atoms with Crippen LogP contribution in [-0.4, -0.2) is 43.5 Å². The Kier molecular flexibility index (Phi) is 3.48. The number of rotatable bonds is 4. The zero-order chi connectivity index (χ0) is 16.8. The molecule has 1 aliphatic carbocycles. The second-order valence-corrected chi connectivity index (χ2v) is 5.85. The predicted octanol–water partition coefficient (Wildman–Crippen LogP) is -0.226. The van der Waals surface area contributed by atoms with Crippen LogP contribution in [0.25, 0.3) is 11.0 Å². The SMILES string of the molecule is CC(=O)OCC1[CH][CH]C(n2nnc3c(N)nn(C4CC4)c3c2=O)O1. The molecule has 10 nitrogen and oxygen atoms in total. The molecule has 2 aromatic heterocycles. The Morgan fingerprint density at radius 2 is 2.21 bits per heavy atom. The Labute approximate surface area is 136 Å². The van der Waals surface area contributed by atoms with Gasteiger partial charge in [-0.25, -0.2) is 0 Å². The highest BCUT2D eigenvalue weighted by Gasteiger charge is 2.33. The maximum Gasteiger partial charge on any atom is 0.302 e. The third-order valence-corrected chi connectivity index (χ3v) is 3.95. The molecular weight excluding hydrogens is 316 g/mol. The molecule has 0 amide bonds. The molecule has 2 N–H and O–H groups in total. The summed E-state index contributed by atoms with van der Waals surface area (Å²) in [7, 11) is 0. The number of ether oxygens (including phenoxy) is 2. The lowest BCUT2D eigenvalue weighted by Crippen LogP contribution is -2.30. The van der Waals surface area contributed by atoms with Crippen molar-refractivity contribution in [2.75, 3.05) is 12.3 Å². The second kappa shape index (κ2) is 5.55. The van der Waals surface area contributed by atoms with E-state index in [-0.39, 0.29) is 24.0 Å². The van der Waals surface area contributed by atoms with E-state index in [2.05, 4.69) is 15.4 Å². The van der Waals surface area contributed by atoms with Crippen molar-refractivity contribution in [1.29, 1.82) is 0 Å². The van der Waals surface area contributed by atoms with Gasteiger partial charge in [0.05, 0.1) is 12.1 Å². The van der Waals surface area contributed by atoms with Crippen molar-refractivity contribution in [2.45, 2.75) is 38.1 Å². The Morgan fingerprint density at radius 1 is 1.42 bits per heavy atom. The van der Waals surface area contributed by atoms with Crippen LogP contribution in [0.3, 0.4) is 0 Å². The van der Waals surface area contributed by atoms with E-state index in [9.17, 15) is 9.59 Å². The lowest BCUT2D eigenvalue weighted by atomic mass is 10.2. The molecule has 2 unspecified atom stereocenters. The first-order valence-corrected chi connectivity index (χ1v) is 7.65. The molecule has 1 saturated heterocycles. The zero-order valence-electron chi connectivity index (χ0n) is 13.0. The molecule has 2 aliphatic rings. The van der Waals surface area contributed by atoms with E-state index >= 15 is 0 Å². The minimum Gasteiger partial charge on any atom is -0.463 e. The molecule has 0 spiro atoms. The predicted molar refractivity (Wildman–Crippen MR) is 81.4 cm³/mol. The number of nitrogens with two attached hydrogens (primary N) is 1. The molecule has 4 rings (SSSR count). The zero-order valence-corrected chi connectivity index (χ0v) is 13.0. The van der Waals surface area contributed by atoms with Gasteiger partial charge in [0.1, 0.15) is 6.61 Å². The van der Waals surface area contributed by atoms with Gasteiger partial charge in [-0.3, -0.25) is 14.3 Å². The fourth-order valence-corrected chi connectivity index (χ4v) is 2.66. The molecule has 0 bridgehead atoms. The molecule has 2 atom stereocenters. The lowest BCUT2D eigenvalue weighted by molar-refractivity contribution is -0.145. The van der Waals surface area contributed by atoms with Crippen LogP contribution in [0.1, 0.15) is 32.0 Å². The Bertz CT molecular complexity index is 855. The Morgan fingerprint density at radius 3 is 2.92 bits per heavy atom. The van der Waals surface area contributed by atoms with Gasteiger partial charge in [0.2, 0.25) is 0 Å². The number of nitrogens with zero attached hydrogens (tertiary/aromatic N) is 5. The normalized spacial score (nSPS) is 23.7. The van der Waals surface area contributed by atoms with E-state index in [0.717, 1.165) is 17.5 Å². The van der Waals surface area contributed by atoms with Crippen LogP contribution < -0.4 is 11.3 Å². The molecule has 3 heterocycles. The van der Waals surface area contributed by atoms with Crippen LogP contribution in [-0.2, 0) is 14.3 Å². The van der Waals surface area contributed by atoms with Crippen LogP contribution in [0.2, 0.25) is 0 Å². The standard InChI is InChI=1S/C14H16N6O4/c1-7(21)23-6-9-4-5-10(24-9)20-14(22)12-11(16-18-20)13(15)17-19(12)8-2-3-8/h4-5,8-10H,2-3,6H2,1H3,(H2,15,17). The maximum atomic E-state index is 12.8. The van der Waals surface area contributed by atoms with Crippen molar-refractivity contribution >= 4 is 22.8 Å². The van der Waals surface area contributed by atoms with Crippen molar-refractivity contribution in [3.8, 4) is 0 Å². The number of aromatic nitrogens is 5. The lowest BCUT2D eigenvalue weighted by Gasteiger charge is -2.14. The Balaban J connectivity index is 1.63. The number of esters is 1. The number of anilines is 1. The van der Waals surface area contributed by atoms with Gasteiger partial charge in [-0.1, -0.05) is 5.21 Å². The van der Waals surface area contributed by atoms with Gasteiger partial charge >= 0.3 is 5.97 Å². The van der Waals surface area contributed by atoms with Gasteiger partial charge in [-0.05, 0) is 12.8 Å². The first kappa shape index (κ1) is 15.1. The molecule has 1 saturated carbocycles. The number of carbonyl (C=O) groups is 1. The summed E-state index contributed by atoms with van der Waals surface area (Å²) in [6.07, 6.45) is 4.18. The highest BCUT2D eigenvalue weighted by molar-refractivity contribution is 5.83. The number of hydrogen-bond donors (Lipinski definition) is 1. The van der Waals surface area contributed by atoms with E-state index in [1.54, 1.807) is 17.5 Å². The molecule has 10 heteroatoms. The monoisotopic (exact) mass is 332 g/mol. The van der Waals surface area contributed by atoms with Gasteiger partial charge in [-0.2, -0.15) is 9.78 Å². The van der Waals surface area contributed by atoms with Gasteiger partial charge in [-0.15, -0.1) is 5.10 Å². The largest absolute Gasteiger partial charge is 0.463 e. The van der Waals surface area contributed by atoms with Crippen molar-refractivity contribution in [2.24, 2.45) is 0 Å². The van der Waals surface area contributed by atoms with Crippen LogP contribution in [0.15, 0.2) is 4.79 Å². The fraction of sp³-hybridized carbons (Fsp3) is 0.500. The van der Waals surface area contributed by atoms with Crippen molar-refractivity contribution < 1.29 is 14.3 Å². The summed E-state index contributed by atoms with van der Waals surface area (Å²) in [6.45, 7) is 1.41. The fourth-order valence-electron chi connectivity index (χ4n) is 2.66. The van der Waals surface area contributed by atoms with Crippen molar-refractivity contribution in [3.05, 3.63) is 23.2 Å². The maximum absolute atomic E-state index is 12.8. The number of carbonyl (C=O) groups excluding carboxylic acids is 1. The number of fused-ring (bicyclic) bond motifs is 1.